The Morgan fingerprint density at radius 3 is 2.64 bits per heavy atom. The molecule has 1 fully saturated rings. The van der Waals surface area contributed by atoms with Gasteiger partial charge in [0.05, 0.1) is 6.10 Å². The predicted octanol–water partition coefficient (Wildman–Crippen LogP) is 1.28. The monoisotopic (exact) mass is 157 g/mol. The van der Waals surface area contributed by atoms with Gasteiger partial charge in [0.15, 0.2) is 0 Å². The van der Waals surface area contributed by atoms with Crippen molar-refractivity contribution in [2.75, 3.05) is 6.54 Å². The highest BCUT2D eigenvalue weighted by atomic mass is 16.3. The van der Waals surface area contributed by atoms with Crippen molar-refractivity contribution >= 4 is 0 Å². The lowest BCUT2D eigenvalue weighted by molar-refractivity contribution is 0.0646. The predicted molar refractivity (Wildman–Crippen MR) is 46.3 cm³/mol. The van der Waals surface area contributed by atoms with Gasteiger partial charge in [0, 0.05) is 0 Å². The zero-order valence-corrected chi connectivity index (χ0v) is 7.13. The fourth-order valence-corrected chi connectivity index (χ4v) is 1.90. The van der Waals surface area contributed by atoms with E-state index >= 15 is 0 Å². The average Bonchev–Trinajstić information content (AvgIpc) is 2.03. The minimum atomic E-state index is -0.0321. The second-order valence-corrected chi connectivity index (χ2v) is 3.54. The van der Waals surface area contributed by atoms with Gasteiger partial charge in [-0.1, -0.05) is 12.8 Å². The Balaban J connectivity index is 2.18. The molecule has 3 N–H and O–H groups in total. The molecule has 0 radical (unpaired) electrons. The maximum Gasteiger partial charge on any atom is 0.0568 e. The van der Waals surface area contributed by atoms with Crippen LogP contribution >= 0.6 is 0 Å². The van der Waals surface area contributed by atoms with Crippen molar-refractivity contribution < 1.29 is 5.11 Å². The first-order chi connectivity index (χ1) is 5.34. The summed E-state index contributed by atoms with van der Waals surface area (Å²) < 4.78 is 0. The molecule has 0 bridgehead atoms. The fourth-order valence-electron chi connectivity index (χ4n) is 1.90. The highest BCUT2D eigenvalue weighted by Gasteiger charge is 2.21. The number of nitrogens with two attached hydrogens (primary N) is 1. The Morgan fingerprint density at radius 1 is 1.27 bits per heavy atom. The molecule has 11 heavy (non-hydrogen) atoms. The summed E-state index contributed by atoms with van der Waals surface area (Å²) >= 11 is 0. The van der Waals surface area contributed by atoms with Crippen LogP contribution in [0, 0.1) is 5.92 Å². The number of aliphatic hydroxyl groups excluding tert-OH is 1. The minimum absolute atomic E-state index is 0.0321. The van der Waals surface area contributed by atoms with E-state index in [0.29, 0.717) is 5.92 Å². The number of rotatable bonds is 3. The largest absolute Gasteiger partial charge is 0.393 e. The molecule has 0 amide bonds. The average molecular weight is 157 g/mol. The van der Waals surface area contributed by atoms with Crippen LogP contribution in [0.25, 0.3) is 0 Å². The molecule has 0 aromatic heterocycles. The van der Waals surface area contributed by atoms with Crippen molar-refractivity contribution in [3.05, 3.63) is 0 Å². The molecule has 2 heteroatoms. The summed E-state index contributed by atoms with van der Waals surface area (Å²) in [6.07, 6.45) is 6.89. The molecule has 1 aliphatic rings. The summed E-state index contributed by atoms with van der Waals surface area (Å²) in [7, 11) is 0. The second kappa shape index (κ2) is 4.73. The topological polar surface area (TPSA) is 46.2 Å². The molecule has 0 aromatic carbocycles. The zero-order valence-electron chi connectivity index (χ0n) is 7.13. The van der Waals surface area contributed by atoms with E-state index in [0.717, 1.165) is 25.8 Å². The maximum atomic E-state index is 9.55. The van der Waals surface area contributed by atoms with Gasteiger partial charge in [-0.25, -0.2) is 0 Å². The molecule has 66 valence electrons. The maximum absolute atomic E-state index is 9.55. The third-order valence-corrected chi connectivity index (χ3v) is 2.65. The van der Waals surface area contributed by atoms with Crippen LogP contribution in [-0.2, 0) is 0 Å². The summed E-state index contributed by atoms with van der Waals surface area (Å²) in [5, 5.41) is 9.55. The van der Waals surface area contributed by atoms with Gasteiger partial charge >= 0.3 is 0 Å². The zero-order chi connectivity index (χ0) is 8.10. The molecule has 0 spiro atoms. The Morgan fingerprint density at radius 2 is 2.00 bits per heavy atom. The summed E-state index contributed by atoms with van der Waals surface area (Å²) in [5.74, 6) is 0.548. The van der Waals surface area contributed by atoms with Gasteiger partial charge in [-0.2, -0.15) is 0 Å². The van der Waals surface area contributed by atoms with Crippen LogP contribution in [0.2, 0.25) is 0 Å². The Hall–Kier alpha value is -0.0800. The van der Waals surface area contributed by atoms with Crippen LogP contribution in [0.5, 0.6) is 0 Å². The van der Waals surface area contributed by atoms with E-state index in [-0.39, 0.29) is 6.10 Å². The lowest BCUT2D eigenvalue weighted by Crippen LogP contribution is -2.24. The standard InChI is InChI=1S/C9H19NO/c10-7-3-5-8-4-1-2-6-9(8)11/h8-9,11H,1-7,10H2/t8-,9+/m0/s1. The van der Waals surface area contributed by atoms with Gasteiger partial charge in [0.2, 0.25) is 0 Å². The normalized spacial score (nSPS) is 32.2. The van der Waals surface area contributed by atoms with E-state index in [2.05, 4.69) is 0 Å². The Labute approximate surface area is 68.8 Å². The van der Waals surface area contributed by atoms with Crippen molar-refractivity contribution in [1.29, 1.82) is 0 Å². The van der Waals surface area contributed by atoms with Crippen molar-refractivity contribution in [3.63, 3.8) is 0 Å². The first kappa shape index (κ1) is 9.01. The molecule has 2 nitrogen and oxygen atoms in total. The quantitative estimate of drug-likeness (QED) is 0.648. The van der Waals surface area contributed by atoms with Crippen LogP contribution in [-0.4, -0.2) is 17.8 Å². The van der Waals surface area contributed by atoms with Gasteiger partial charge in [0.25, 0.3) is 0 Å². The van der Waals surface area contributed by atoms with Crippen LogP contribution in [0.4, 0.5) is 0 Å². The van der Waals surface area contributed by atoms with Gasteiger partial charge < -0.3 is 10.8 Å². The van der Waals surface area contributed by atoms with E-state index in [1.165, 1.54) is 19.3 Å². The van der Waals surface area contributed by atoms with Gasteiger partial charge in [0.1, 0.15) is 0 Å². The molecule has 2 atom stereocenters. The molecule has 0 unspecified atom stereocenters. The molecule has 1 saturated carbocycles. The number of aliphatic hydroxyl groups is 1. The SMILES string of the molecule is NCCC[C@@H]1CCCC[C@H]1O. The van der Waals surface area contributed by atoms with Gasteiger partial charge in [-0.05, 0) is 38.1 Å². The van der Waals surface area contributed by atoms with E-state index in [4.69, 9.17) is 5.73 Å². The molecule has 1 rings (SSSR count). The summed E-state index contributed by atoms with van der Waals surface area (Å²) in [6.45, 7) is 0.767. The van der Waals surface area contributed by atoms with Gasteiger partial charge in [-0.3, -0.25) is 0 Å². The second-order valence-electron chi connectivity index (χ2n) is 3.54. The summed E-state index contributed by atoms with van der Waals surface area (Å²) in [6, 6.07) is 0. The minimum Gasteiger partial charge on any atom is -0.393 e. The lowest BCUT2D eigenvalue weighted by Gasteiger charge is -2.27. The first-order valence-electron chi connectivity index (χ1n) is 4.72. The van der Waals surface area contributed by atoms with E-state index in [1.807, 2.05) is 0 Å². The van der Waals surface area contributed by atoms with Crippen molar-refractivity contribution in [2.24, 2.45) is 11.7 Å². The molecule has 0 aromatic rings. The molecular formula is C9H19NO. The van der Waals surface area contributed by atoms with E-state index in [9.17, 15) is 5.11 Å². The number of hydrogen-bond donors (Lipinski definition) is 2. The summed E-state index contributed by atoms with van der Waals surface area (Å²) in [5.41, 5.74) is 5.41. The molecule has 0 saturated heterocycles. The first-order valence-corrected chi connectivity index (χ1v) is 4.72. The van der Waals surface area contributed by atoms with Gasteiger partial charge in [-0.15, -0.1) is 0 Å². The molecule has 1 aliphatic carbocycles. The van der Waals surface area contributed by atoms with Crippen molar-refractivity contribution in [2.45, 2.75) is 44.6 Å². The molecule has 0 aliphatic heterocycles. The summed E-state index contributed by atoms with van der Waals surface area (Å²) in [4.78, 5) is 0. The fraction of sp³-hybridized carbons (Fsp3) is 1.00. The van der Waals surface area contributed by atoms with Crippen LogP contribution in [0.1, 0.15) is 38.5 Å². The van der Waals surface area contributed by atoms with E-state index < -0.39 is 0 Å². The Kier molecular flexibility index (Phi) is 3.87. The number of hydrogen-bond acceptors (Lipinski definition) is 2. The van der Waals surface area contributed by atoms with Crippen LogP contribution in [0.3, 0.4) is 0 Å². The van der Waals surface area contributed by atoms with E-state index in [1.54, 1.807) is 0 Å². The Bertz CT molecular complexity index is 106. The smallest absolute Gasteiger partial charge is 0.0568 e. The third kappa shape index (κ3) is 2.80. The molecule has 0 heterocycles. The van der Waals surface area contributed by atoms with Crippen molar-refractivity contribution in [3.8, 4) is 0 Å². The highest BCUT2D eigenvalue weighted by molar-refractivity contribution is 4.74. The molecular weight excluding hydrogens is 138 g/mol. The van der Waals surface area contributed by atoms with Crippen LogP contribution in [0.15, 0.2) is 0 Å². The lowest BCUT2D eigenvalue weighted by atomic mass is 9.84. The highest BCUT2D eigenvalue weighted by Crippen LogP contribution is 2.27. The van der Waals surface area contributed by atoms with Crippen molar-refractivity contribution in [1.82, 2.24) is 0 Å². The third-order valence-electron chi connectivity index (χ3n) is 2.65. The van der Waals surface area contributed by atoms with Crippen LogP contribution < -0.4 is 5.73 Å².